The topological polar surface area (TPSA) is 606 Å². The summed E-state index contributed by atoms with van der Waals surface area (Å²) in [6.45, 7) is 16.2. The molecule has 0 aromatic rings. The third-order valence-corrected chi connectivity index (χ3v) is 18.5. The maximum atomic E-state index is 16.0. The number of carboxylic acids is 1. The van der Waals surface area contributed by atoms with E-state index in [9.17, 15) is 77.0 Å². The number of aliphatic carboxylic acids is 1. The Balaban J connectivity index is 2.09. The lowest BCUT2D eigenvalue weighted by Crippen LogP contribution is -2.71. The van der Waals surface area contributed by atoms with E-state index in [1.54, 1.807) is 13.8 Å². The van der Waals surface area contributed by atoms with Crippen molar-refractivity contribution in [2.45, 2.75) is 290 Å². The largest absolute Gasteiger partial charge is 0.481 e. The highest BCUT2D eigenvalue weighted by molar-refractivity contribution is 7.80. The number of amides is 9. The van der Waals surface area contributed by atoms with Crippen LogP contribution in [0.15, 0.2) is 0 Å². The van der Waals surface area contributed by atoms with Gasteiger partial charge in [-0.1, -0.05) is 50.5 Å². The van der Waals surface area contributed by atoms with Gasteiger partial charge in [0, 0.05) is 75.3 Å². The molecule has 4 heterocycles. The lowest BCUT2D eigenvalue weighted by Gasteiger charge is -2.50. The maximum absolute atomic E-state index is 16.0. The highest BCUT2D eigenvalue weighted by Crippen LogP contribution is 2.36. The van der Waals surface area contributed by atoms with Crippen molar-refractivity contribution in [3.8, 4) is 0 Å². The van der Waals surface area contributed by atoms with Crippen molar-refractivity contribution >= 4 is 159 Å². The van der Waals surface area contributed by atoms with Gasteiger partial charge in [-0.15, -0.1) is 0 Å². The van der Waals surface area contributed by atoms with Gasteiger partial charge in [0.25, 0.3) is 0 Å². The Morgan fingerprint density at radius 2 is 0.851 bits per heavy atom. The van der Waals surface area contributed by atoms with Crippen molar-refractivity contribution in [1.82, 2.24) is 58.1 Å². The van der Waals surface area contributed by atoms with Crippen LogP contribution in [0.3, 0.4) is 0 Å². The predicted molar refractivity (Wildman–Crippen MR) is 422 cm³/mol. The monoisotopic (exact) mass is 1780 g/mol. The first-order valence-corrected chi connectivity index (χ1v) is 39.5. The molecule has 0 unspecified atom stereocenters. The Kier molecular flexibility index (Phi) is 41.9. The molecule has 0 aliphatic carbocycles. The highest BCUT2D eigenvalue weighted by Gasteiger charge is 2.58. The summed E-state index contributed by atoms with van der Waals surface area (Å²) in [4.78, 5) is 242. The summed E-state index contributed by atoms with van der Waals surface area (Å²) >= 11 is 16.6. The van der Waals surface area contributed by atoms with E-state index < -0.39 is 293 Å². The summed E-state index contributed by atoms with van der Waals surface area (Å²) in [5, 5.41) is 35.3. The van der Waals surface area contributed by atoms with Gasteiger partial charge in [0.15, 0.2) is 49.4 Å². The summed E-state index contributed by atoms with van der Waals surface area (Å²) in [5.41, 5.74) is 5.28. The number of carboxylic acid groups (broad SMARTS) is 1. The van der Waals surface area contributed by atoms with Crippen LogP contribution in [0.1, 0.15) is 150 Å². The predicted octanol–water partition coefficient (Wildman–Crippen LogP) is -4.30. The zero-order valence-electron chi connectivity index (χ0n) is 69.9. The number of likely N-dealkylation sites (tertiary alicyclic amines) is 1. The van der Waals surface area contributed by atoms with Crippen LogP contribution in [-0.4, -0.2) is 312 Å². The zero-order chi connectivity index (χ0) is 91.3. The molecule has 13 N–H and O–H groups in total. The molecule has 48 heteroatoms. The number of hydrogen-bond donors (Lipinski definition) is 12. The van der Waals surface area contributed by atoms with Gasteiger partial charge in [-0.2, -0.15) is 0 Å². The van der Waals surface area contributed by atoms with Gasteiger partial charge in [-0.25, -0.2) is 0 Å². The van der Waals surface area contributed by atoms with Crippen LogP contribution in [-0.2, 0) is 153 Å². The molecule has 678 valence electrons. The van der Waals surface area contributed by atoms with E-state index in [1.807, 2.05) is 0 Å². The zero-order valence-corrected chi connectivity index (χ0v) is 72.3. The normalized spacial score (nSPS) is 25.3. The van der Waals surface area contributed by atoms with Gasteiger partial charge >= 0.3 is 53.7 Å². The lowest BCUT2D eigenvalue weighted by atomic mass is 9.93. The molecule has 0 radical (unpaired) electrons. The SMILES string of the molecule is CC(=O)N[C@@H](CCC(=O)O)C(=O)N[C@@H](CC(C)C)C(=O)N[C@@H](C)C(=O)N[C@H](C(=O)N[C@H](C(=O)NCC(=O)N1CCC[C@H]1C(=O)NCC(N)=O)[C@@H](C)O[C@H]1O[C@H](COC(C)=O)[C@H](OC(C)=O)[C@H](O[C@H]2O[C@H](COC(C)=O)[C@H](OC(C)=O)[C@H](OC(C)=O)[C@H]2NC(C)=S)[C@H]1NC(C)=S)[C@@H](C)O[C@H]1O[C@H](COC(C)=O)[C@H](OC(C)=O)[C@H](OC(C)=O)[C@H]1NC(C)=S. The molecule has 4 aliphatic heterocycles. The van der Waals surface area contributed by atoms with E-state index in [0.29, 0.717) is 0 Å². The molecule has 0 spiro atoms. The maximum Gasteiger partial charge on any atom is 0.303 e. The fraction of sp³-hybridized carbons (Fsp3) is 0.712. The van der Waals surface area contributed by atoms with Gasteiger partial charge in [-0.3, -0.25) is 86.3 Å². The fourth-order valence-electron chi connectivity index (χ4n) is 13.2. The molecule has 121 heavy (non-hydrogen) atoms. The van der Waals surface area contributed by atoms with E-state index >= 15 is 14.4 Å². The number of thiocarbonyl (C=S) groups is 3. The number of esters is 8. The van der Waals surface area contributed by atoms with Crippen LogP contribution in [0.2, 0.25) is 0 Å². The average molecular weight is 1780 g/mol. The number of carbonyl (C=O) groups is 18. The molecular formula is C73H110N12O33S3. The second-order valence-corrected chi connectivity index (χ2v) is 30.9. The molecule has 4 saturated heterocycles. The third-order valence-electron chi connectivity index (χ3n) is 18.2. The minimum absolute atomic E-state index is 0.0177. The molecule has 4 rings (SSSR count). The van der Waals surface area contributed by atoms with Gasteiger partial charge in [0.2, 0.25) is 53.2 Å². The van der Waals surface area contributed by atoms with Crippen LogP contribution < -0.4 is 58.9 Å². The molecule has 0 aromatic heterocycles. The first-order valence-electron chi connectivity index (χ1n) is 38.3. The molecule has 0 saturated carbocycles. The molecule has 4 fully saturated rings. The average Bonchev–Trinajstić information content (AvgIpc) is 1.13. The molecule has 0 bridgehead atoms. The Labute approximate surface area is 712 Å². The second kappa shape index (κ2) is 49.1. The van der Waals surface area contributed by atoms with Crippen molar-refractivity contribution in [2.24, 2.45) is 11.7 Å². The Morgan fingerprint density at radius 3 is 1.26 bits per heavy atom. The first-order chi connectivity index (χ1) is 56.5. The molecule has 23 atom stereocenters. The van der Waals surface area contributed by atoms with Crippen LogP contribution in [0.5, 0.6) is 0 Å². The Morgan fingerprint density at radius 1 is 0.455 bits per heavy atom. The number of ether oxygens (including phenoxy) is 14. The summed E-state index contributed by atoms with van der Waals surface area (Å²) in [6, 6.07) is -15.2. The van der Waals surface area contributed by atoms with Crippen molar-refractivity contribution in [3.05, 3.63) is 0 Å². The quantitative estimate of drug-likeness (QED) is 0.0156. The summed E-state index contributed by atoms with van der Waals surface area (Å²) in [7, 11) is 0. The van der Waals surface area contributed by atoms with Crippen LogP contribution in [0, 0.1) is 5.92 Å². The van der Waals surface area contributed by atoms with E-state index in [-0.39, 0.29) is 46.7 Å². The Bertz CT molecular complexity index is 3810. The van der Waals surface area contributed by atoms with E-state index in [4.69, 9.17) is 109 Å². The number of nitrogens with two attached hydrogens (primary N) is 1. The van der Waals surface area contributed by atoms with Crippen molar-refractivity contribution < 1.29 is 158 Å². The Hall–Kier alpha value is -10.1. The number of primary amides is 1. The van der Waals surface area contributed by atoms with Crippen molar-refractivity contribution in [2.75, 3.05) is 39.5 Å². The van der Waals surface area contributed by atoms with E-state index in [1.165, 1.54) is 27.7 Å². The van der Waals surface area contributed by atoms with Crippen LogP contribution in [0.25, 0.3) is 0 Å². The molecular weight excluding hydrogens is 1670 g/mol. The summed E-state index contributed by atoms with van der Waals surface area (Å²) in [6.07, 6.45) is -25.5. The van der Waals surface area contributed by atoms with Crippen LogP contribution >= 0.6 is 36.7 Å². The number of rotatable bonds is 42. The molecule has 9 amide bonds. The third kappa shape index (κ3) is 34.0. The lowest BCUT2D eigenvalue weighted by molar-refractivity contribution is -0.333. The van der Waals surface area contributed by atoms with Gasteiger partial charge in [-0.05, 0) is 73.1 Å². The fourth-order valence-corrected chi connectivity index (χ4v) is 13.6. The molecule has 0 aromatic carbocycles. The van der Waals surface area contributed by atoms with Crippen LogP contribution in [0.4, 0.5) is 0 Å². The minimum Gasteiger partial charge on any atom is -0.481 e. The molecule has 45 nitrogen and oxygen atoms in total. The number of nitrogens with zero attached hydrogens (tertiary/aromatic N) is 1. The standard InChI is InChI=1S/C73H110N12O33S3/c1-29(2)23-46(82-66(100)45(78-33(6)86)20-21-53(97)98)67(101)77-30(3)65(99)83-55(32(5)109-71-56(79-34(7)119)62(113-43(16)93)59(110-40(13)90)48(115-71)26-105-37(10)87)70(104)84-54(69(103)76-25-52(96)85-22-18-19-47(85)68(102)75-24-51(74)95)31(4)108-72-58(81-36(9)121)64(61(112-42(15)92)50(116-72)28-107-39(12)89)118-73-57(80-35(8)120)63(114-44(17)94)60(111-41(14)91)49(117-73)27-106-38(11)88/h29-32,45-50,54-64,71-73H,18-28H2,1-17H3,(H2,74,95)(H,75,102)(H,76,103)(H,77,101)(H,78,86)(H,79,119)(H,80,120)(H,81,121)(H,82,100)(H,83,99)(H,84,104)(H,97,98)/t30-,31+,32+,45-,46-,47-,48+,49+,50+,54-,55-,56+,57+,58+,59-,60-,61-,62+,63+,64+,71-,72-,73+/m0/s1. The second-order valence-electron chi connectivity index (χ2n) is 29.1. The van der Waals surface area contributed by atoms with E-state index in [0.717, 1.165) is 81.1 Å². The molecule has 4 aliphatic rings. The number of hydrogen-bond acceptors (Lipinski definition) is 35. The first kappa shape index (κ1) is 103. The number of carbonyl (C=O) groups excluding carboxylic acids is 17. The van der Waals surface area contributed by atoms with Gasteiger partial charge < -0.3 is 135 Å². The number of nitrogens with one attached hydrogen (secondary N) is 10. The van der Waals surface area contributed by atoms with Crippen molar-refractivity contribution in [3.63, 3.8) is 0 Å². The smallest absolute Gasteiger partial charge is 0.303 e. The minimum atomic E-state index is -2.24. The summed E-state index contributed by atoms with van der Waals surface area (Å²) in [5.74, 6) is -18.5. The van der Waals surface area contributed by atoms with E-state index in [2.05, 4.69) is 53.2 Å². The highest BCUT2D eigenvalue weighted by atomic mass is 32.1. The summed E-state index contributed by atoms with van der Waals surface area (Å²) < 4.78 is 84.4. The van der Waals surface area contributed by atoms with Crippen molar-refractivity contribution in [1.29, 1.82) is 0 Å². The van der Waals surface area contributed by atoms with Gasteiger partial charge in [0.05, 0.1) is 40.3 Å². The van der Waals surface area contributed by atoms with Gasteiger partial charge in [0.1, 0.15) is 98.6 Å².